The molecule has 2 aromatic rings. The summed E-state index contributed by atoms with van der Waals surface area (Å²) in [5.41, 5.74) is 4.24. The van der Waals surface area contributed by atoms with Crippen molar-refractivity contribution in [3.8, 4) is 0 Å². The van der Waals surface area contributed by atoms with Crippen LogP contribution in [0.2, 0.25) is 0 Å². The molecule has 4 nitrogen and oxygen atoms in total. The number of aryl methyl sites for hydroxylation is 3. The molecule has 0 aliphatic heterocycles. The molecule has 0 aromatic carbocycles. The lowest BCUT2D eigenvalue weighted by Crippen LogP contribution is -2.06. The number of nitrogens with one attached hydrogen (secondary N) is 1. The first-order valence-electron chi connectivity index (χ1n) is 5.60. The predicted molar refractivity (Wildman–Crippen MR) is 67.8 cm³/mol. The van der Waals surface area contributed by atoms with Gasteiger partial charge in [0.2, 0.25) is 0 Å². The van der Waals surface area contributed by atoms with E-state index in [4.69, 9.17) is 0 Å². The Labute approximate surface area is 101 Å². The molecule has 2 rings (SSSR count). The molecule has 0 aliphatic rings. The molecule has 0 saturated carbocycles. The highest BCUT2D eigenvalue weighted by Crippen LogP contribution is 2.12. The van der Waals surface area contributed by atoms with Crippen molar-refractivity contribution >= 4 is 5.82 Å². The summed E-state index contributed by atoms with van der Waals surface area (Å²) in [5, 5.41) is 3.30. The van der Waals surface area contributed by atoms with Crippen LogP contribution in [0.4, 0.5) is 5.82 Å². The Morgan fingerprint density at radius 3 is 2.76 bits per heavy atom. The molecular weight excluding hydrogens is 212 g/mol. The van der Waals surface area contributed by atoms with E-state index in [1.165, 1.54) is 11.1 Å². The topological polar surface area (TPSA) is 50.7 Å². The van der Waals surface area contributed by atoms with E-state index in [1.54, 1.807) is 12.4 Å². The van der Waals surface area contributed by atoms with Gasteiger partial charge in [-0.15, -0.1) is 0 Å². The number of anilines is 1. The van der Waals surface area contributed by atoms with Gasteiger partial charge in [0.05, 0.1) is 11.4 Å². The van der Waals surface area contributed by atoms with Crippen molar-refractivity contribution in [2.75, 3.05) is 5.32 Å². The monoisotopic (exact) mass is 228 g/mol. The number of hydrogen-bond donors (Lipinski definition) is 1. The van der Waals surface area contributed by atoms with Crippen LogP contribution in [0.15, 0.2) is 24.7 Å². The average molecular weight is 228 g/mol. The summed E-state index contributed by atoms with van der Waals surface area (Å²) in [6.07, 6.45) is 5.45. The minimum atomic E-state index is 0.721. The maximum absolute atomic E-state index is 4.42. The van der Waals surface area contributed by atoms with Crippen molar-refractivity contribution in [3.63, 3.8) is 0 Å². The Bertz CT molecular complexity index is 523. The molecule has 0 radical (unpaired) electrons. The summed E-state index contributed by atoms with van der Waals surface area (Å²) in [6, 6.07) is 2.01. The fourth-order valence-corrected chi connectivity index (χ4v) is 1.57. The van der Waals surface area contributed by atoms with E-state index < -0.39 is 0 Å². The Kier molecular flexibility index (Phi) is 3.32. The number of rotatable bonds is 3. The highest BCUT2D eigenvalue weighted by Gasteiger charge is 2.03. The first-order chi connectivity index (χ1) is 8.16. The van der Waals surface area contributed by atoms with E-state index in [-0.39, 0.29) is 0 Å². The first kappa shape index (κ1) is 11.5. The first-order valence-corrected chi connectivity index (χ1v) is 5.60. The average Bonchev–Trinajstić information content (AvgIpc) is 2.32. The Morgan fingerprint density at radius 2 is 2.00 bits per heavy atom. The van der Waals surface area contributed by atoms with Gasteiger partial charge in [0.25, 0.3) is 0 Å². The van der Waals surface area contributed by atoms with E-state index in [9.17, 15) is 0 Å². The maximum atomic E-state index is 4.42. The lowest BCUT2D eigenvalue weighted by molar-refractivity contribution is 1.01. The molecule has 0 unspecified atom stereocenters. The molecule has 0 atom stereocenters. The van der Waals surface area contributed by atoms with Crippen LogP contribution in [-0.2, 0) is 6.54 Å². The van der Waals surface area contributed by atoms with Crippen LogP contribution in [-0.4, -0.2) is 15.0 Å². The smallest absolute Gasteiger partial charge is 0.148 e. The summed E-state index contributed by atoms with van der Waals surface area (Å²) < 4.78 is 0. The van der Waals surface area contributed by atoms with Gasteiger partial charge in [0, 0.05) is 25.1 Å². The zero-order valence-corrected chi connectivity index (χ0v) is 10.4. The van der Waals surface area contributed by atoms with Crippen LogP contribution in [0.5, 0.6) is 0 Å². The molecule has 17 heavy (non-hydrogen) atoms. The van der Waals surface area contributed by atoms with Gasteiger partial charge in [-0.3, -0.25) is 9.97 Å². The lowest BCUT2D eigenvalue weighted by atomic mass is 10.1. The Balaban J connectivity index is 2.12. The van der Waals surface area contributed by atoms with Crippen molar-refractivity contribution in [1.82, 2.24) is 15.0 Å². The standard InChI is InChI=1S/C13H16N4/c1-9-4-5-14-7-12(9)8-16-13-11(3)15-6-10(2)17-13/h4-7H,8H2,1-3H3,(H,16,17). The predicted octanol–water partition coefficient (Wildman–Crippen LogP) is 2.41. The molecule has 0 fully saturated rings. The van der Waals surface area contributed by atoms with E-state index in [0.717, 1.165) is 23.8 Å². The Hall–Kier alpha value is -1.97. The molecule has 0 spiro atoms. The van der Waals surface area contributed by atoms with Crippen molar-refractivity contribution in [1.29, 1.82) is 0 Å². The molecule has 0 aliphatic carbocycles. The second-order valence-electron chi connectivity index (χ2n) is 4.10. The number of nitrogens with zero attached hydrogens (tertiary/aromatic N) is 3. The molecule has 0 amide bonds. The van der Waals surface area contributed by atoms with Gasteiger partial charge in [-0.25, -0.2) is 4.98 Å². The second-order valence-corrected chi connectivity index (χ2v) is 4.10. The van der Waals surface area contributed by atoms with Gasteiger partial charge in [0.1, 0.15) is 5.82 Å². The number of pyridine rings is 1. The maximum Gasteiger partial charge on any atom is 0.148 e. The van der Waals surface area contributed by atoms with Crippen molar-refractivity contribution < 1.29 is 0 Å². The van der Waals surface area contributed by atoms with Gasteiger partial charge in [-0.1, -0.05) is 0 Å². The van der Waals surface area contributed by atoms with Gasteiger partial charge in [0.15, 0.2) is 0 Å². The molecule has 2 heterocycles. The molecule has 1 N–H and O–H groups in total. The van der Waals surface area contributed by atoms with E-state index in [1.807, 2.05) is 26.1 Å². The normalized spacial score (nSPS) is 10.3. The quantitative estimate of drug-likeness (QED) is 0.876. The van der Waals surface area contributed by atoms with Crippen molar-refractivity contribution in [3.05, 3.63) is 47.2 Å². The molecule has 88 valence electrons. The Morgan fingerprint density at radius 1 is 1.18 bits per heavy atom. The van der Waals surface area contributed by atoms with Crippen molar-refractivity contribution in [2.45, 2.75) is 27.3 Å². The van der Waals surface area contributed by atoms with E-state index in [0.29, 0.717) is 0 Å². The van der Waals surface area contributed by atoms with Crippen LogP contribution in [0.3, 0.4) is 0 Å². The lowest BCUT2D eigenvalue weighted by Gasteiger charge is -2.09. The highest BCUT2D eigenvalue weighted by atomic mass is 15.0. The molecule has 4 heteroatoms. The van der Waals surface area contributed by atoms with Crippen LogP contribution < -0.4 is 5.32 Å². The van der Waals surface area contributed by atoms with Crippen LogP contribution in [0.1, 0.15) is 22.5 Å². The summed E-state index contributed by atoms with van der Waals surface area (Å²) in [7, 11) is 0. The van der Waals surface area contributed by atoms with Gasteiger partial charge >= 0.3 is 0 Å². The minimum Gasteiger partial charge on any atom is -0.364 e. The molecule has 0 bridgehead atoms. The van der Waals surface area contributed by atoms with Crippen LogP contribution in [0.25, 0.3) is 0 Å². The molecule has 0 saturated heterocycles. The van der Waals surface area contributed by atoms with Gasteiger partial charge in [-0.05, 0) is 38.0 Å². The SMILES string of the molecule is Cc1cnc(C)c(NCc2cnccc2C)n1. The number of hydrogen-bond acceptors (Lipinski definition) is 4. The molecular formula is C13H16N4. The van der Waals surface area contributed by atoms with Crippen LogP contribution >= 0.6 is 0 Å². The summed E-state index contributed by atoms with van der Waals surface area (Å²) in [6.45, 7) is 6.68. The largest absolute Gasteiger partial charge is 0.364 e. The molecule has 2 aromatic heterocycles. The second kappa shape index (κ2) is 4.91. The van der Waals surface area contributed by atoms with E-state index >= 15 is 0 Å². The minimum absolute atomic E-state index is 0.721. The zero-order valence-electron chi connectivity index (χ0n) is 10.4. The van der Waals surface area contributed by atoms with Crippen molar-refractivity contribution in [2.24, 2.45) is 0 Å². The summed E-state index contributed by atoms with van der Waals surface area (Å²) in [5.74, 6) is 0.841. The van der Waals surface area contributed by atoms with Crippen LogP contribution in [0, 0.1) is 20.8 Å². The number of aromatic nitrogens is 3. The highest BCUT2D eigenvalue weighted by molar-refractivity contribution is 5.40. The third kappa shape index (κ3) is 2.78. The van der Waals surface area contributed by atoms with Gasteiger partial charge < -0.3 is 5.32 Å². The third-order valence-corrected chi connectivity index (χ3v) is 2.67. The fraction of sp³-hybridized carbons (Fsp3) is 0.308. The fourth-order valence-electron chi connectivity index (χ4n) is 1.57. The summed E-state index contributed by atoms with van der Waals surface area (Å²) >= 11 is 0. The van der Waals surface area contributed by atoms with E-state index in [2.05, 4.69) is 27.2 Å². The zero-order chi connectivity index (χ0) is 12.3. The van der Waals surface area contributed by atoms with Gasteiger partial charge in [-0.2, -0.15) is 0 Å². The third-order valence-electron chi connectivity index (χ3n) is 2.67. The summed E-state index contributed by atoms with van der Waals surface area (Å²) in [4.78, 5) is 12.8.